The highest BCUT2D eigenvalue weighted by Crippen LogP contribution is 2.33. The van der Waals surface area contributed by atoms with E-state index in [-0.39, 0.29) is 6.61 Å². The molecule has 0 amide bonds. The van der Waals surface area contributed by atoms with Gasteiger partial charge in [-0.2, -0.15) is 0 Å². The summed E-state index contributed by atoms with van der Waals surface area (Å²) >= 11 is 3.54. The van der Waals surface area contributed by atoms with Gasteiger partial charge >= 0.3 is 0 Å². The zero-order valence-electron chi connectivity index (χ0n) is 9.28. The Kier molecular flexibility index (Phi) is 3.35. The minimum atomic E-state index is 0.252. The normalized spacial score (nSPS) is 20.4. The Balaban J connectivity index is 2.25. The molecule has 0 saturated carbocycles. The zero-order valence-corrected chi connectivity index (χ0v) is 10.9. The lowest BCUT2D eigenvalue weighted by Gasteiger charge is -2.20. The summed E-state index contributed by atoms with van der Waals surface area (Å²) in [4.78, 5) is 6.55. The molecule has 3 N–H and O–H groups in total. The van der Waals surface area contributed by atoms with Gasteiger partial charge in [-0.3, -0.25) is 0 Å². The SMILES string of the molecule is Cc1c(N)cnc(N2CCC(CO)C2)c1Br. The molecule has 1 fully saturated rings. The summed E-state index contributed by atoms with van der Waals surface area (Å²) in [6, 6.07) is 0. The molecular weight excluding hydrogens is 270 g/mol. The Hall–Kier alpha value is -0.810. The second-order valence-electron chi connectivity index (χ2n) is 4.26. The second-order valence-corrected chi connectivity index (χ2v) is 5.05. The Labute approximate surface area is 104 Å². The predicted molar refractivity (Wildman–Crippen MR) is 68.5 cm³/mol. The van der Waals surface area contributed by atoms with Crippen molar-refractivity contribution in [3.63, 3.8) is 0 Å². The number of hydrogen-bond donors (Lipinski definition) is 2. The minimum absolute atomic E-state index is 0.252. The van der Waals surface area contributed by atoms with E-state index in [0.29, 0.717) is 11.6 Å². The fourth-order valence-corrected chi connectivity index (χ4v) is 2.56. The highest BCUT2D eigenvalue weighted by molar-refractivity contribution is 9.10. The van der Waals surface area contributed by atoms with Crippen molar-refractivity contribution in [2.75, 3.05) is 30.3 Å². The number of aliphatic hydroxyl groups is 1. The summed E-state index contributed by atoms with van der Waals surface area (Å²) in [6.45, 7) is 4.04. The fourth-order valence-electron chi connectivity index (χ4n) is 1.97. The lowest BCUT2D eigenvalue weighted by molar-refractivity contribution is 0.238. The van der Waals surface area contributed by atoms with E-state index < -0.39 is 0 Å². The summed E-state index contributed by atoms with van der Waals surface area (Å²) in [5.74, 6) is 1.30. The topological polar surface area (TPSA) is 62.4 Å². The Morgan fingerprint density at radius 3 is 3.06 bits per heavy atom. The first-order chi connectivity index (χ1) is 7.63. The number of nitrogen functional groups attached to an aromatic ring is 1. The van der Waals surface area contributed by atoms with Crippen LogP contribution >= 0.6 is 15.9 Å². The van der Waals surface area contributed by atoms with Gasteiger partial charge in [-0.25, -0.2) is 4.98 Å². The summed E-state index contributed by atoms with van der Waals surface area (Å²) in [5.41, 5.74) is 7.52. The van der Waals surface area contributed by atoms with Crippen LogP contribution in [0.2, 0.25) is 0 Å². The molecule has 2 rings (SSSR count). The van der Waals surface area contributed by atoms with Crippen LogP contribution in [0.15, 0.2) is 10.7 Å². The molecule has 1 aliphatic rings. The third-order valence-corrected chi connectivity index (χ3v) is 4.08. The van der Waals surface area contributed by atoms with Crippen LogP contribution < -0.4 is 10.6 Å². The van der Waals surface area contributed by atoms with Gasteiger partial charge in [0.1, 0.15) is 5.82 Å². The Bertz CT molecular complexity index is 397. The maximum atomic E-state index is 9.12. The molecule has 1 aromatic rings. The number of nitrogens with zero attached hydrogens (tertiary/aromatic N) is 2. The fraction of sp³-hybridized carbons (Fsp3) is 0.545. The number of anilines is 2. The quantitative estimate of drug-likeness (QED) is 0.866. The molecule has 16 heavy (non-hydrogen) atoms. The highest BCUT2D eigenvalue weighted by atomic mass is 79.9. The molecule has 0 aliphatic carbocycles. The largest absolute Gasteiger partial charge is 0.397 e. The van der Waals surface area contributed by atoms with Gasteiger partial charge in [0.15, 0.2) is 0 Å². The number of aromatic nitrogens is 1. The smallest absolute Gasteiger partial charge is 0.143 e. The average molecular weight is 286 g/mol. The lowest BCUT2D eigenvalue weighted by Crippen LogP contribution is -2.22. The van der Waals surface area contributed by atoms with Crippen molar-refractivity contribution in [1.29, 1.82) is 0 Å². The first-order valence-electron chi connectivity index (χ1n) is 5.40. The van der Waals surface area contributed by atoms with Gasteiger partial charge < -0.3 is 15.7 Å². The van der Waals surface area contributed by atoms with Crippen LogP contribution in [0, 0.1) is 12.8 Å². The Morgan fingerprint density at radius 1 is 1.69 bits per heavy atom. The van der Waals surface area contributed by atoms with E-state index in [1.165, 1.54) is 0 Å². The van der Waals surface area contributed by atoms with Crippen molar-refractivity contribution >= 4 is 27.4 Å². The van der Waals surface area contributed by atoms with Crippen molar-refractivity contribution in [1.82, 2.24) is 4.98 Å². The number of halogens is 1. The van der Waals surface area contributed by atoms with Gasteiger partial charge in [0.05, 0.1) is 16.4 Å². The molecule has 4 nitrogen and oxygen atoms in total. The number of hydrogen-bond acceptors (Lipinski definition) is 4. The molecule has 1 unspecified atom stereocenters. The summed E-state index contributed by atoms with van der Waals surface area (Å²) in [7, 11) is 0. The predicted octanol–water partition coefficient (Wildman–Crippen LogP) is 1.55. The standard InChI is InChI=1S/C11H16BrN3O/c1-7-9(13)4-14-11(10(7)12)15-3-2-8(5-15)6-16/h4,8,16H,2-3,5-6,13H2,1H3. The summed E-state index contributed by atoms with van der Waals surface area (Å²) in [5, 5.41) is 9.12. The van der Waals surface area contributed by atoms with E-state index >= 15 is 0 Å². The van der Waals surface area contributed by atoms with Crippen LogP contribution in [0.25, 0.3) is 0 Å². The molecule has 2 heterocycles. The maximum Gasteiger partial charge on any atom is 0.143 e. The zero-order chi connectivity index (χ0) is 11.7. The van der Waals surface area contributed by atoms with Crippen molar-refractivity contribution in [3.8, 4) is 0 Å². The van der Waals surface area contributed by atoms with Gasteiger partial charge in [-0.15, -0.1) is 0 Å². The Morgan fingerprint density at radius 2 is 2.44 bits per heavy atom. The number of rotatable bonds is 2. The summed E-state index contributed by atoms with van der Waals surface area (Å²) in [6.07, 6.45) is 2.72. The molecule has 0 spiro atoms. The van der Waals surface area contributed by atoms with E-state index in [2.05, 4.69) is 25.8 Å². The monoisotopic (exact) mass is 285 g/mol. The third kappa shape index (κ3) is 2.01. The lowest BCUT2D eigenvalue weighted by atomic mass is 10.1. The summed E-state index contributed by atoms with van der Waals surface area (Å²) < 4.78 is 0.964. The third-order valence-electron chi connectivity index (χ3n) is 3.13. The highest BCUT2D eigenvalue weighted by Gasteiger charge is 2.24. The van der Waals surface area contributed by atoms with Gasteiger partial charge in [0.25, 0.3) is 0 Å². The van der Waals surface area contributed by atoms with Gasteiger partial charge in [-0.05, 0) is 34.8 Å². The van der Waals surface area contributed by atoms with Crippen LogP contribution in [0.3, 0.4) is 0 Å². The van der Waals surface area contributed by atoms with Crippen molar-refractivity contribution < 1.29 is 5.11 Å². The first-order valence-corrected chi connectivity index (χ1v) is 6.19. The van der Waals surface area contributed by atoms with Crippen molar-refractivity contribution in [2.45, 2.75) is 13.3 Å². The maximum absolute atomic E-state index is 9.12. The van der Waals surface area contributed by atoms with Gasteiger partial charge in [0.2, 0.25) is 0 Å². The second kappa shape index (κ2) is 4.59. The molecular formula is C11H16BrN3O. The van der Waals surface area contributed by atoms with Gasteiger partial charge in [0, 0.05) is 25.6 Å². The molecule has 0 aromatic carbocycles. The number of pyridine rings is 1. The van der Waals surface area contributed by atoms with Crippen molar-refractivity contribution in [3.05, 3.63) is 16.2 Å². The molecule has 0 bridgehead atoms. The molecule has 0 radical (unpaired) electrons. The average Bonchev–Trinajstić information content (AvgIpc) is 2.74. The molecule has 88 valence electrons. The van der Waals surface area contributed by atoms with E-state index in [1.54, 1.807) is 6.20 Å². The van der Waals surface area contributed by atoms with Crippen LogP contribution in [-0.2, 0) is 0 Å². The molecule has 1 saturated heterocycles. The molecule has 1 aliphatic heterocycles. The van der Waals surface area contributed by atoms with E-state index in [0.717, 1.165) is 35.4 Å². The number of aliphatic hydroxyl groups excluding tert-OH is 1. The van der Waals surface area contributed by atoms with Gasteiger partial charge in [-0.1, -0.05) is 0 Å². The van der Waals surface area contributed by atoms with E-state index in [4.69, 9.17) is 10.8 Å². The molecule has 5 heteroatoms. The van der Waals surface area contributed by atoms with Crippen LogP contribution in [-0.4, -0.2) is 29.8 Å². The molecule has 1 atom stereocenters. The number of nitrogens with two attached hydrogens (primary N) is 1. The molecule has 1 aromatic heterocycles. The van der Waals surface area contributed by atoms with E-state index in [9.17, 15) is 0 Å². The first kappa shape index (κ1) is 11.7. The van der Waals surface area contributed by atoms with Crippen LogP contribution in [0.5, 0.6) is 0 Å². The van der Waals surface area contributed by atoms with Crippen LogP contribution in [0.4, 0.5) is 11.5 Å². The van der Waals surface area contributed by atoms with E-state index in [1.807, 2.05) is 6.92 Å². The van der Waals surface area contributed by atoms with Crippen LogP contribution in [0.1, 0.15) is 12.0 Å². The van der Waals surface area contributed by atoms with Crippen molar-refractivity contribution in [2.24, 2.45) is 5.92 Å². The minimum Gasteiger partial charge on any atom is -0.397 e.